The molecule has 0 atom stereocenters. The van der Waals surface area contributed by atoms with E-state index in [9.17, 15) is 8.42 Å². The minimum atomic E-state index is -3.65. The van der Waals surface area contributed by atoms with Gasteiger partial charge in [-0.05, 0) is 43.7 Å². The number of nitrogens with two attached hydrogens (primary N) is 1. The van der Waals surface area contributed by atoms with Crippen LogP contribution in [-0.4, -0.2) is 8.42 Å². The summed E-state index contributed by atoms with van der Waals surface area (Å²) in [5.41, 5.74) is 8.53. The van der Waals surface area contributed by atoms with Gasteiger partial charge in [-0.15, -0.1) is 0 Å². The molecule has 0 amide bonds. The number of anilines is 2. The fraction of sp³-hybridized carbons (Fsp3) is 0.143. The predicted molar refractivity (Wildman–Crippen MR) is 77.6 cm³/mol. The smallest absolute Gasteiger partial charge is 0.263 e. The molecular formula is C14H16N2O2S. The van der Waals surface area contributed by atoms with Crippen molar-refractivity contribution < 1.29 is 8.42 Å². The molecule has 0 heterocycles. The minimum Gasteiger partial charge on any atom is -0.398 e. The molecule has 0 saturated carbocycles. The van der Waals surface area contributed by atoms with Crippen molar-refractivity contribution >= 4 is 21.4 Å². The molecule has 2 rings (SSSR count). The third-order valence-corrected chi connectivity index (χ3v) is 4.21. The van der Waals surface area contributed by atoms with Crippen LogP contribution >= 0.6 is 0 Å². The number of nitrogen functional groups attached to an aromatic ring is 1. The van der Waals surface area contributed by atoms with Crippen molar-refractivity contribution in [3.63, 3.8) is 0 Å². The molecule has 19 heavy (non-hydrogen) atoms. The van der Waals surface area contributed by atoms with Crippen molar-refractivity contribution in [1.29, 1.82) is 0 Å². The lowest BCUT2D eigenvalue weighted by Gasteiger charge is -2.10. The van der Waals surface area contributed by atoms with E-state index in [0.717, 1.165) is 11.1 Å². The van der Waals surface area contributed by atoms with E-state index in [0.29, 0.717) is 5.69 Å². The largest absolute Gasteiger partial charge is 0.398 e. The van der Waals surface area contributed by atoms with E-state index in [4.69, 9.17) is 5.73 Å². The van der Waals surface area contributed by atoms with Gasteiger partial charge < -0.3 is 5.73 Å². The normalized spacial score (nSPS) is 11.3. The van der Waals surface area contributed by atoms with Gasteiger partial charge in [-0.1, -0.05) is 23.8 Å². The molecule has 0 aromatic heterocycles. The average Bonchev–Trinajstić information content (AvgIpc) is 2.31. The highest BCUT2D eigenvalue weighted by Crippen LogP contribution is 2.22. The monoisotopic (exact) mass is 276 g/mol. The molecule has 0 bridgehead atoms. The summed E-state index contributed by atoms with van der Waals surface area (Å²) in [6, 6.07) is 12.0. The highest BCUT2D eigenvalue weighted by atomic mass is 32.2. The van der Waals surface area contributed by atoms with E-state index < -0.39 is 10.0 Å². The molecule has 5 heteroatoms. The summed E-state index contributed by atoms with van der Waals surface area (Å²) in [5.74, 6) is 0. The third kappa shape index (κ3) is 3.06. The van der Waals surface area contributed by atoms with Crippen LogP contribution in [0.3, 0.4) is 0 Å². The average molecular weight is 276 g/mol. The SMILES string of the molecule is Cc1ccc(NS(=O)(=O)c2ccc(C)cc2N)cc1. The first-order valence-electron chi connectivity index (χ1n) is 5.84. The van der Waals surface area contributed by atoms with Gasteiger partial charge in [0, 0.05) is 5.69 Å². The molecule has 100 valence electrons. The molecule has 0 aliphatic rings. The molecular weight excluding hydrogens is 260 g/mol. The molecule has 0 fully saturated rings. The minimum absolute atomic E-state index is 0.0960. The Balaban J connectivity index is 2.35. The Labute approximate surface area is 113 Å². The molecule has 0 unspecified atom stereocenters. The number of nitrogens with one attached hydrogen (secondary N) is 1. The summed E-state index contributed by atoms with van der Waals surface area (Å²) in [6.45, 7) is 3.80. The van der Waals surface area contributed by atoms with Crippen molar-refractivity contribution in [3.05, 3.63) is 53.6 Å². The lowest BCUT2D eigenvalue weighted by molar-refractivity contribution is 0.601. The Morgan fingerprint density at radius 3 is 2.11 bits per heavy atom. The quantitative estimate of drug-likeness (QED) is 0.847. The highest BCUT2D eigenvalue weighted by molar-refractivity contribution is 7.92. The molecule has 0 aliphatic heterocycles. The van der Waals surface area contributed by atoms with Gasteiger partial charge >= 0.3 is 0 Å². The van der Waals surface area contributed by atoms with Crippen LogP contribution in [0.1, 0.15) is 11.1 Å². The third-order valence-electron chi connectivity index (χ3n) is 2.76. The zero-order valence-electron chi connectivity index (χ0n) is 10.8. The van der Waals surface area contributed by atoms with Gasteiger partial charge in [0.2, 0.25) is 0 Å². The number of benzene rings is 2. The Morgan fingerprint density at radius 1 is 0.947 bits per heavy atom. The van der Waals surface area contributed by atoms with Crippen LogP contribution in [0, 0.1) is 13.8 Å². The topological polar surface area (TPSA) is 72.2 Å². The van der Waals surface area contributed by atoms with Crippen LogP contribution in [-0.2, 0) is 10.0 Å². The van der Waals surface area contributed by atoms with E-state index in [1.807, 2.05) is 26.0 Å². The lowest BCUT2D eigenvalue weighted by atomic mass is 10.2. The highest BCUT2D eigenvalue weighted by Gasteiger charge is 2.17. The first kappa shape index (κ1) is 13.4. The van der Waals surface area contributed by atoms with Crippen LogP contribution in [0.15, 0.2) is 47.4 Å². The van der Waals surface area contributed by atoms with E-state index in [-0.39, 0.29) is 10.6 Å². The van der Waals surface area contributed by atoms with Crippen LogP contribution in [0.2, 0.25) is 0 Å². The van der Waals surface area contributed by atoms with Gasteiger partial charge in [0.25, 0.3) is 10.0 Å². The van der Waals surface area contributed by atoms with Crippen LogP contribution < -0.4 is 10.5 Å². The molecule has 0 spiro atoms. The lowest BCUT2D eigenvalue weighted by Crippen LogP contribution is -2.14. The second-order valence-electron chi connectivity index (χ2n) is 4.51. The predicted octanol–water partition coefficient (Wildman–Crippen LogP) is 2.69. The zero-order valence-corrected chi connectivity index (χ0v) is 11.7. The first-order chi connectivity index (χ1) is 8.88. The second-order valence-corrected chi connectivity index (χ2v) is 6.16. The molecule has 0 saturated heterocycles. The maximum absolute atomic E-state index is 12.2. The van der Waals surface area contributed by atoms with Gasteiger partial charge in [-0.25, -0.2) is 8.42 Å². The summed E-state index contributed by atoms with van der Waals surface area (Å²) in [5, 5.41) is 0. The van der Waals surface area contributed by atoms with E-state index in [1.54, 1.807) is 24.3 Å². The first-order valence-corrected chi connectivity index (χ1v) is 7.32. The summed E-state index contributed by atoms with van der Waals surface area (Å²) in [6.07, 6.45) is 0. The standard InChI is InChI=1S/C14H16N2O2S/c1-10-3-6-12(7-4-10)16-19(17,18)14-8-5-11(2)9-13(14)15/h3-9,16H,15H2,1-2H3. The maximum atomic E-state index is 12.2. The Morgan fingerprint density at radius 2 is 1.53 bits per heavy atom. The van der Waals surface area contributed by atoms with Crippen molar-refractivity contribution in [2.75, 3.05) is 10.5 Å². The van der Waals surface area contributed by atoms with Crippen LogP contribution in [0.25, 0.3) is 0 Å². The van der Waals surface area contributed by atoms with Gasteiger partial charge in [0.1, 0.15) is 4.90 Å². The van der Waals surface area contributed by atoms with Crippen molar-refractivity contribution in [3.8, 4) is 0 Å². The number of hydrogen-bond acceptors (Lipinski definition) is 3. The summed E-state index contributed by atoms with van der Waals surface area (Å²) in [4.78, 5) is 0.0960. The van der Waals surface area contributed by atoms with Gasteiger partial charge in [0.15, 0.2) is 0 Å². The van der Waals surface area contributed by atoms with Crippen molar-refractivity contribution in [2.24, 2.45) is 0 Å². The fourth-order valence-electron chi connectivity index (χ4n) is 1.74. The Bertz CT molecular complexity index is 692. The number of aryl methyl sites for hydroxylation is 2. The van der Waals surface area contributed by atoms with Crippen molar-refractivity contribution in [2.45, 2.75) is 18.7 Å². The van der Waals surface area contributed by atoms with E-state index in [2.05, 4.69) is 4.72 Å². The summed E-state index contributed by atoms with van der Waals surface area (Å²) >= 11 is 0. The molecule has 2 aromatic carbocycles. The number of hydrogen-bond donors (Lipinski definition) is 2. The Hall–Kier alpha value is -2.01. The number of rotatable bonds is 3. The van der Waals surface area contributed by atoms with Gasteiger partial charge in [-0.2, -0.15) is 0 Å². The number of sulfonamides is 1. The Kier molecular flexibility index (Phi) is 3.48. The van der Waals surface area contributed by atoms with Crippen LogP contribution in [0.5, 0.6) is 0 Å². The van der Waals surface area contributed by atoms with E-state index in [1.165, 1.54) is 6.07 Å². The fourth-order valence-corrected chi connectivity index (χ4v) is 2.92. The zero-order chi connectivity index (χ0) is 14.0. The van der Waals surface area contributed by atoms with Gasteiger partial charge in [-0.3, -0.25) is 4.72 Å². The summed E-state index contributed by atoms with van der Waals surface area (Å²) in [7, 11) is -3.65. The molecule has 3 N–H and O–H groups in total. The van der Waals surface area contributed by atoms with Crippen LogP contribution in [0.4, 0.5) is 11.4 Å². The van der Waals surface area contributed by atoms with Gasteiger partial charge in [0.05, 0.1) is 5.69 Å². The van der Waals surface area contributed by atoms with E-state index >= 15 is 0 Å². The maximum Gasteiger partial charge on any atom is 0.263 e. The molecule has 2 aromatic rings. The summed E-state index contributed by atoms with van der Waals surface area (Å²) < 4.78 is 27.0. The molecule has 0 radical (unpaired) electrons. The molecule has 4 nitrogen and oxygen atoms in total. The molecule has 0 aliphatic carbocycles. The van der Waals surface area contributed by atoms with Crippen molar-refractivity contribution in [1.82, 2.24) is 0 Å². The second kappa shape index (κ2) is 4.93.